The third-order valence-corrected chi connectivity index (χ3v) is 4.64. The molecule has 160 valence electrons. The molecule has 6 nitrogen and oxygen atoms in total. The minimum Gasteiger partial charge on any atom is -0.493 e. The number of carbonyl (C=O) groups excluding carboxylic acids is 1. The molecule has 3 aromatic rings. The molecule has 31 heavy (non-hydrogen) atoms. The summed E-state index contributed by atoms with van der Waals surface area (Å²) in [6.07, 6.45) is 5.16. The normalized spacial score (nSPS) is 11.3. The molecule has 0 spiro atoms. The highest BCUT2D eigenvalue weighted by molar-refractivity contribution is 5.95. The highest BCUT2D eigenvalue weighted by Gasteiger charge is 2.14. The third kappa shape index (κ3) is 6.09. The van der Waals surface area contributed by atoms with Crippen LogP contribution in [0.5, 0.6) is 17.2 Å². The monoisotopic (exact) mass is 418 g/mol. The maximum Gasteiger partial charge on any atom is 0.251 e. The van der Waals surface area contributed by atoms with Gasteiger partial charge in [-0.25, -0.2) is 0 Å². The number of hydrogen-bond acceptors (Lipinski definition) is 5. The Morgan fingerprint density at radius 3 is 2.61 bits per heavy atom. The topological polar surface area (TPSA) is 69.7 Å². The molecule has 0 bridgehead atoms. The minimum absolute atomic E-state index is 0.178. The highest BCUT2D eigenvalue weighted by Crippen LogP contribution is 2.28. The fourth-order valence-corrected chi connectivity index (χ4v) is 2.94. The zero-order valence-electron chi connectivity index (χ0n) is 17.7. The SMILES string of the molecule is C=CCOc1ccc(C(=O)NC(C)c2ccc(OCc3cccnc3)cc2)cc1OC. The number of rotatable bonds is 10. The van der Waals surface area contributed by atoms with Gasteiger partial charge in [0.2, 0.25) is 0 Å². The zero-order valence-corrected chi connectivity index (χ0v) is 17.7. The number of nitrogens with one attached hydrogen (secondary N) is 1. The summed E-state index contributed by atoms with van der Waals surface area (Å²) in [6.45, 7) is 6.37. The van der Waals surface area contributed by atoms with Crippen LogP contribution in [-0.2, 0) is 6.61 Å². The van der Waals surface area contributed by atoms with Gasteiger partial charge >= 0.3 is 0 Å². The van der Waals surface area contributed by atoms with E-state index in [1.54, 1.807) is 43.8 Å². The third-order valence-electron chi connectivity index (χ3n) is 4.64. The predicted molar refractivity (Wildman–Crippen MR) is 120 cm³/mol. The number of aromatic nitrogens is 1. The summed E-state index contributed by atoms with van der Waals surface area (Å²) in [6, 6.07) is 16.4. The van der Waals surface area contributed by atoms with Crippen molar-refractivity contribution in [2.24, 2.45) is 0 Å². The van der Waals surface area contributed by atoms with E-state index in [-0.39, 0.29) is 11.9 Å². The van der Waals surface area contributed by atoms with E-state index in [4.69, 9.17) is 14.2 Å². The van der Waals surface area contributed by atoms with Crippen LogP contribution >= 0.6 is 0 Å². The Labute approximate surface area is 182 Å². The van der Waals surface area contributed by atoms with Crippen LogP contribution in [-0.4, -0.2) is 24.6 Å². The van der Waals surface area contributed by atoms with Crippen molar-refractivity contribution < 1.29 is 19.0 Å². The summed E-state index contributed by atoms with van der Waals surface area (Å²) >= 11 is 0. The molecule has 0 saturated heterocycles. The maximum absolute atomic E-state index is 12.7. The molecule has 1 N–H and O–H groups in total. The van der Waals surface area contributed by atoms with E-state index in [0.29, 0.717) is 30.3 Å². The van der Waals surface area contributed by atoms with Gasteiger partial charge in [0.1, 0.15) is 19.0 Å². The molecule has 0 aliphatic rings. The van der Waals surface area contributed by atoms with Gasteiger partial charge < -0.3 is 19.5 Å². The van der Waals surface area contributed by atoms with E-state index in [1.807, 2.05) is 43.3 Å². The first-order valence-corrected chi connectivity index (χ1v) is 9.95. The van der Waals surface area contributed by atoms with Crippen molar-refractivity contribution in [3.63, 3.8) is 0 Å². The van der Waals surface area contributed by atoms with E-state index in [9.17, 15) is 4.79 Å². The number of carbonyl (C=O) groups is 1. The van der Waals surface area contributed by atoms with E-state index in [0.717, 1.165) is 16.9 Å². The van der Waals surface area contributed by atoms with Crippen LogP contribution in [0.3, 0.4) is 0 Å². The Bertz CT molecular complexity index is 1000. The molecule has 1 aromatic heterocycles. The molecule has 0 radical (unpaired) electrons. The Morgan fingerprint density at radius 2 is 1.94 bits per heavy atom. The van der Waals surface area contributed by atoms with Crippen LogP contribution in [0.1, 0.15) is 34.5 Å². The molecule has 0 aliphatic heterocycles. The van der Waals surface area contributed by atoms with Gasteiger partial charge in [0.05, 0.1) is 13.2 Å². The summed E-state index contributed by atoms with van der Waals surface area (Å²) in [7, 11) is 1.54. The van der Waals surface area contributed by atoms with Crippen LogP contribution in [0.15, 0.2) is 79.6 Å². The first-order chi connectivity index (χ1) is 15.1. The Kier molecular flexibility index (Phi) is 7.65. The molecule has 3 rings (SSSR count). The first-order valence-electron chi connectivity index (χ1n) is 9.95. The second-order valence-corrected chi connectivity index (χ2v) is 6.88. The van der Waals surface area contributed by atoms with Crippen molar-refractivity contribution >= 4 is 5.91 Å². The Morgan fingerprint density at radius 1 is 1.13 bits per heavy atom. The zero-order chi connectivity index (χ0) is 22.1. The number of nitrogens with zero attached hydrogens (tertiary/aromatic N) is 1. The first kappa shape index (κ1) is 21.9. The van der Waals surface area contributed by atoms with Crippen LogP contribution in [0.2, 0.25) is 0 Å². The van der Waals surface area contributed by atoms with E-state index >= 15 is 0 Å². The van der Waals surface area contributed by atoms with Crippen LogP contribution < -0.4 is 19.5 Å². The van der Waals surface area contributed by atoms with Crippen LogP contribution in [0, 0.1) is 0 Å². The molecule has 1 heterocycles. The molecule has 1 atom stereocenters. The molecular weight excluding hydrogens is 392 g/mol. The molecule has 1 unspecified atom stereocenters. The van der Waals surface area contributed by atoms with E-state index in [1.165, 1.54) is 0 Å². The average molecular weight is 418 g/mol. The molecule has 0 saturated carbocycles. The van der Waals surface area contributed by atoms with E-state index < -0.39 is 0 Å². The molecule has 0 fully saturated rings. The fourth-order valence-electron chi connectivity index (χ4n) is 2.94. The molecular formula is C25H26N2O4. The van der Waals surface area contributed by atoms with Gasteiger partial charge in [0.15, 0.2) is 11.5 Å². The quantitative estimate of drug-likeness (QED) is 0.482. The van der Waals surface area contributed by atoms with Crippen LogP contribution in [0.4, 0.5) is 0 Å². The van der Waals surface area contributed by atoms with Crippen molar-refractivity contribution in [1.82, 2.24) is 10.3 Å². The Balaban J connectivity index is 1.59. The predicted octanol–water partition coefficient (Wildman–Crippen LogP) is 4.73. The lowest BCUT2D eigenvalue weighted by Crippen LogP contribution is -2.26. The van der Waals surface area contributed by atoms with Crippen molar-refractivity contribution in [1.29, 1.82) is 0 Å². The lowest BCUT2D eigenvalue weighted by atomic mass is 10.1. The largest absolute Gasteiger partial charge is 0.493 e. The van der Waals surface area contributed by atoms with Gasteiger partial charge in [-0.1, -0.05) is 30.9 Å². The summed E-state index contributed by atoms with van der Waals surface area (Å²) in [5.41, 5.74) is 2.47. The summed E-state index contributed by atoms with van der Waals surface area (Å²) in [5, 5.41) is 3.00. The van der Waals surface area contributed by atoms with Crippen molar-refractivity contribution in [2.75, 3.05) is 13.7 Å². The average Bonchev–Trinajstić information content (AvgIpc) is 2.82. The molecule has 0 aliphatic carbocycles. The smallest absolute Gasteiger partial charge is 0.251 e. The lowest BCUT2D eigenvalue weighted by molar-refractivity contribution is 0.0939. The van der Waals surface area contributed by atoms with Gasteiger partial charge in [0.25, 0.3) is 5.91 Å². The summed E-state index contributed by atoms with van der Waals surface area (Å²) in [4.78, 5) is 16.8. The number of benzene rings is 2. The van der Waals surface area contributed by atoms with Gasteiger partial charge in [-0.15, -0.1) is 0 Å². The molecule has 2 aromatic carbocycles. The molecule has 1 amide bonds. The maximum atomic E-state index is 12.7. The summed E-state index contributed by atoms with van der Waals surface area (Å²) in [5.74, 6) is 1.62. The van der Waals surface area contributed by atoms with Gasteiger partial charge in [-0.05, 0) is 48.9 Å². The van der Waals surface area contributed by atoms with Crippen molar-refractivity contribution in [2.45, 2.75) is 19.6 Å². The minimum atomic E-state index is -0.196. The van der Waals surface area contributed by atoms with Crippen molar-refractivity contribution in [3.05, 3.63) is 96.3 Å². The lowest BCUT2D eigenvalue weighted by Gasteiger charge is -2.16. The second-order valence-electron chi connectivity index (χ2n) is 6.88. The van der Waals surface area contributed by atoms with Gasteiger partial charge in [0, 0.05) is 23.5 Å². The molecule has 6 heteroatoms. The summed E-state index contributed by atoms with van der Waals surface area (Å²) < 4.78 is 16.6. The Hall–Kier alpha value is -3.80. The highest BCUT2D eigenvalue weighted by atomic mass is 16.5. The fraction of sp³-hybridized carbons (Fsp3) is 0.200. The van der Waals surface area contributed by atoms with E-state index in [2.05, 4.69) is 16.9 Å². The van der Waals surface area contributed by atoms with Gasteiger partial charge in [-0.3, -0.25) is 9.78 Å². The number of amides is 1. The number of methoxy groups -OCH3 is 1. The second kappa shape index (κ2) is 10.8. The number of hydrogen-bond donors (Lipinski definition) is 1. The standard InChI is InChI=1S/C25H26N2O4/c1-4-14-30-23-12-9-21(15-24(23)29-3)25(28)27-18(2)20-7-10-22(11-8-20)31-17-19-6-5-13-26-16-19/h4-13,15-16,18H,1,14,17H2,2-3H3,(H,27,28). The van der Waals surface area contributed by atoms with Crippen molar-refractivity contribution in [3.8, 4) is 17.2 Å². The number of ether oxygens (including phenoxy) is 3. The van der Waals surface area contributed by atoms with Crippen LogP contribution in [0.25, 0.3) is 0 Å². The number of pyridine rings is 1. The van der Waals surface area contributed by atoms with Gasteiger partial charge in [-0.2, -0.15) is 0 Å².